The summed E-state index contributed by atoms with van der Waals surface area (Å²) in [5, 5.41) is 10.6. The topological polar surface area (TPSA) is 70.8 Å². The molecule has 0 spiro atoms. The Kier molecular flexibility index (Phi) is 6.97. The Morgan fingerprint density at radius 1 is 1.20 bits per heavy atom. The second-order valence-corrected chi connectivity index (χ2v) is 4.39. The third-order valence-corrected chi connectivity index (χ3v) is 2.95. The van der Waals surface area contributed by atoms with Gasteiger partial charge in [-0.3, -0.25) is 10.1 Å². The fourth-order valence-electron chi connectivity index (χ4n) is 1.88. The predicted octanol–water partition coefficient (Wildman–Crippen LogP) is 3.15. The number of hydrogen-bond donors (Lipinski definition) is 0. The van der Waals surface area contributed by atoms with Crippen LogP contribution < -0.4 is 4.74 Å². The molecular weight excluding hydrogens is 262 g/mol. The first kappa shape index (κ1) is 16.4. The van der Waals surface area contributed by atoms with Crippen molar-refractivity contribution in [2.75, 3.05) is 14.2 Å². The normalized spacial score (nSPS) is 12.4. The smallest absolute Gasteiger partial charge is 0.269 e. The van der Waals surface area contributed by atoms with Crippen molar-refractivity contribution in [3.8, 4) is 5.75 Å². The fourth-order valence-corrected chi connectivity index (χ4v) is 1.88. The highest BCUT2D eigenvalue weighted by atomic mass is 16.7. The van der Waals surface area contributed by atoms with Crippen molar-refractivity contribution < 1.29 is 19.1 Å². The summed E-state index contributed by atoms with van der Waals surface area (Å²) in [5.74, 6) is 0.566. The largest absolute Gasteiger partial charge is 0.485 e. The predicted molar refractivity (Wildman–Crippen MR) is 74.8 cm³/mol. The van der Waals surface area contributed by atoms with Gasteiger partial charge in [-0.2, -0.15) is 0 Å². The average molecular weight is 283 g/mol. The van der Waals surface area contributed by atoms with E-state index in [0.717, 1.165) is 19.3 Å². The van der Waals surface area contributed by atoms with E-state index in [9.17, 15) is 10.1 Å². The van der Waals surface area contributed by atoms with Gasteiger partial charge in [-0.15, -0.1) is 0 Å². The molecule has 0 radical (unpaired) electrons. The van der Waals surface area contributed by atoms with Crippen molar-refractivity contribution in [1.29, 1.82) is 0 Å². The first-order valence-electron chi connectivity index (χ1n) is 6.59. The minimum Gasteiger partial charge on any atom is -0.485 e. The van der Waals surface area contributed by atoms with E-state index in [1.807, 2.05) is 0 Å². The molecular formula is C14H21NO5. The maximum atomic E-state index is 10.6. The molecule has 0 N–H and O–H groups in total. The number of hydrogen-bond acceptors (Lipinski definition) is 5. The number of nitrogens with zero attached hydrogens (tertiary/aromatic N) is 1. The number of non-ortho nitro benzene ring substituents is 1. The Balaban J connectivity index is 2.74. The molecule has 0 amide bonds. The van der Waals surface area contributed by atoms with Crippen LogP contribution in [0.2, 0.25) is 0 Å². The minimum absolute atomic E-state index is 0.0393. The average Bonchev–Trinajstić information content (AvgIpc) is 2.46. The molecule has 112 valence electrons. The van der Waals surface area contributed by atoms with E-state index in [1.54, 1.807) is 26.4 Å². The van der Waals surface area contributed by atoms with Gasteiger partial charge in [0.05, 0.1) is 4.92 Å². The standard InChI is InChI=1S/C14H21NO5/c1-4-5-6-13(14(18-2)19-3)20-12-9-7-11(8-10-12)15(16)17/h7-10,13-14H,4-6H2,1-3H3. The van der Waals surface area contributed by atoms with Crippen molar-refractivity contribution in [1.82, 2.24) is 0 Å². The summed E-state index contributed by atoms with van der Waals surface area (Å²) in [6.07, 6.45) is 2.11. The quantitative estimate of drug-likeness (QED) is 0.395. The Labute approximate surface area is 118 Å². The van der Waals surface area contributed by atoms with Gasteiger partial charge in [0, 0.05) is 26.4 Å². The van der Waals surface area contributed by atoms with E-state index in [4.69, 9.17) is 14.2 Å². The molecule has 6 heteroatoms. The molecule has 0 aromatic heterocycles. The molecule has 1 atom stereocenters. The highest BCUT2D eigenvalue weighted by Crippen LogP contribution is 2.21. The zero-order valence-corrected chi connectivity index (χ0v) is 12.1. The van der Waals surface area contributed by atoms with Gasteiger partial charge < -0.3 is 14.2 Å². The summed E-state index contributed by atoms with van der Waals surface area (Å²) in [5.41, 5.74) is 0.0393. The van der Waals surface area contributed by atoms with E-state index in [0.29, 0.717) is 5.75 Å². The molecule has 0 aliphatic rings. The number of unbranched alkanes of at least 4 members (excludes halogenated alkanes) is 1. The third-order valence-electron chi connectivity index (χ3n) is 2.95. The van der Waals surface area contributed by atoms with Crippen molar-refractivity contribution in [2.24, 2.45) is 0 Å². The van der Waals surface area contributed by atoms with Crippen molar-refractivity contribution in [3.05, 3.63) is 34.4 Å². The van der Waals surface area contributed by atoms with Crippen molar-refractivity contribution in [2.45, 2.75) is 38.6 Å². The first-order chi connectivity index (χ1) is 9.62. The molecule has 1 rings (SSSR count). The summed E-state index contributed by atoms with van der Waals surface area (Å²) in [6.45, 7) is 2.09. The maximum Gasteiger partial charge on any atom is 0.269 e. The zero-order chi connectivity index (χ0) is 15.0. The summed E-state index contributed by atoms with van der Waals surface area (Å²) in [7, 11) is 3.12. The minimum atomic E-state index is -0.461. The molecule has 6 nitrogen and oxygen atoms in total. The Morgan fingerprint density at radius 3 is 2.25 bits per heavy atom. The van der Waals surface area contributed by atoms with Crippen molar-refractivity contribution >= 4 is 5.69 Å². The fraction of sp³-hybridized carbons (Fsp3) is 0.571. The van der Waals surface area contributed by atoms with Gasteiger partial charge in [-0.05, 0) is 25.0 Å². The van der Waals surface area contributed by atoms with Crippen molar-refractivity contribution in [3.63, 3.8) is 0 Å². The molecule has 1 aromatic carbocycles. The van der Waals surface area contributed by atoms with E-state index in [1.165, 1.54) is 12.1 Å². The lowest BCUT2D eigenvalue weighted by Gasteiger charge is -2.25. The van der Waals surface area contributed by atoms with Crippen LogP contribution in [0.25, 0.3) is 0 Å². The van der Waals surface area contributed by atoms with E-state index < -0.39 is 11.2 Å². The molecule has 0 fully saturated rings. The Hall–Kier alpha value is -1.66. The maximum absolute atomic E-state index is 10.6. The van der Waals surface area contributed by atoms with Crippen LogP contribution in [0.3, 0.4) is 0 Å². The lowest BCUT2D eigenvalue weighted by Crippen LogP contribution is -2.34. The summed E-state index contributed by atoms with van der Waals surface area (Å²) in [6, 6.07) is 6.00. The number of nitro benzene ring substituents is 1. The SMILES string of the molecule is CCCCC(Oc1ccc([N+](=O)[O-])cc1)C(OC)OC. The highest BCUT2D eigenvalue weighted by molar-refractivity contribution is 5.36. The number of rotatable bonds is 9. The van der Waals surface area contributed by atoms with Gasteiger partial charge in [0.15, 0.2) is 6.29 Å². The molecule has 1 unspecified atom stereocenters. The second-order valence-electron chi connectivity index (χ2n) is 4.39. The molecule has 0 saturated heterocycles. The monoisotopic (exact) mass is 283 g/mol. The lowest BCUT2D eigenvalue weighted by molar-refractivity contribution is -0.384. The molecule has 0 bridgehead atoms. The van der Waals surface area contributed by atoms with E-state index in [-0.39, 0.29) is 11.8 Å². The molecule has 0 heterocycles. The zero-order valence-electron chi connectivity index (χ0n) is 12.1. The molecule has 1 aromatic rings. The van der Waals surface area contributed by atoms with Gasteiger partial charge in [0.1, 0.15) is 11.9 Å². The van der Waals surface area contributed by atoms with E-state index >= 15 is 0 Å². The third kappa shape index (κ3) is 4.79. The molecule has 0 aliphatic heterocycles. The van der Waals surface area contributed by atoms with Crippen LogP contribution in [0.15, 0.2) is 24.3 Å². The van der Waals surface area contributed by atoms with Gasteiger partial charge >= 0.3 is 0 Å². The number of ether oxygens (including phenoxy) is 3. The number of methoxy groups -OCH3 is 2. The highest BCUT2D eigenvalue weighted by Gasteiger charge is 2.22. The molecule has 20 heavy (non-hydrogen) atoms. The van der Waals surface area contributed by atoms with Gasteiger partial charge in [0.25, 0.3) is 5.69 Å². The molecule has 0 aliphatic carbocycles. The summed E-state index contributed by atoms with van der Waals surface area (Å²) >= 11 is 0. The van der Waals surface area contributed by atoms with Crippen LogP contribution in [-0.2, 0) is 9.47 Å². The first-order valence-corrected chi connectivity index (χ1v) is 6.59. The number of nitro groups is 1. The lowest BCUT2D eigenvalue weighted by atomic mass is 10.1. The van der Waals surface area contributed by atoms with Crippen LogP contribution >= 0.6 is 0 Å². The van der Waals surface area contributed by atoms with Gasteiger partial charge in [0.2, 0.25) is 0 Å². The molecule has 0 saturated carbocycles. The van der Waals surface area contributed by atoms with Crippen LogP contribution in [0.1, 0.15) is 26.2 Å². The Morgan fingerprint density at radius 2 is 1.80 bits per heavy atom. The van der Waals surface area contributed by atoms with Crippen LogP contribution in [0, 0.1) is 10.1 Å². The Bertz CT molecular complexity index is 403. The summed E-state index contributed by atoms with van der Waals surface area (Å²) in [4.78, 5) is 10.2. The van der Waals surface area contributed by atoms with Crippen LogP contribution in [-0.4, -0.2) is 31.5 Å². The van der Waals surface area contributed by atoms with Gasteiger partial charge in [-0.25, -0.2) is 0 Å². The van der Waals surface area contributed by atoms with Gasteiger partial charge in [-0.1, -0.05) is 13.3 Å². The second kappa shape index (κ2) is 8.50. The van der Waals surface area contributed by atoms with E-state index in [2.05, 4.69) is 6.92 Å². The summed E-state index contributed by atoms with van der Waals surface area (Å²) < 4.78 is 16.3. The van der Waals surface area contributed by atoms with Crippen LogP contribution in [0.5, 0.6) is 5.75 Å². The number of benzene rings is 1. The van der Waals surface area contributed by atoms with Crippen LogP contribution in [0.4, 0.5) is 5.69 Å².